The number of rotatable bonds is 5. The van der Waals surface area contributed by atoms with E-state index in [4.69, 9.17) is 0 Å². The maximum Gasteiger partial charge on any atom is -0.00178 e. The molecule has 0 aromatic carbocycles. The Morgan fingerprint density at radius 2 is 2.00 bits per heavy atom. The first-order chi connectivity index (χ1) is 5.92. The van der Waals surface area contributed by atoms with Crippen molar-refractivity contribution in [3.8, 4) is 0 Å². The highest BCUT2D eigenvalue weighted by molar-refractivity contribution is 4.92. The lowest BCUT2D eigenvalue weighted by molar-refractivity contribution is 0.147. The molecule has 2 atom stereocenters. The Morgan fingerprint density at radius 1 is 1.17 bits per heavy atom. The van der Waals surface area contributed by atoms with Crippen LogP contribution in [0.3, 0.4) is 0 Å². The molecule has 12 heavy (non-hydrogen) atoms. The average Bonchev–Trinajstić information content (AvgIpc) is 2.80. The van der Waals surface area contributed by atoms with Crippen molar-refractivity contribution in [2.24, 2.45) is 17.8 Å². The Morgan fingerprint density at radius 3 is 2.50 bits per heavy atom. The Hall–Kier alpha value is -0.0400. The Labute approximate surface area is 75.9 Å². The predicted octanol–water partition coefficient (Wildman–Crippen LogP) is 2.42. The summed E-state index contributed by atoms with van der Waals surface area (Å²) in [7, 11) is 0. The van der Waals surface area contributed by atoms with Crippen LogP contribution in [0.4, 0.5) is 0 Å². The first-order valence-electron chi connectivity index (χ1n) is 5.62. The highest BCUT2D eigenvalue weighted by Gasteiger charge is 2.41. The molecule has 1 nitrogen and oxygen atoms in total. The van der Waals surface area contributed by atoms with Crippen LogP contribution in [0.25, 0.3) is 0 Å². The van der Waals surface area contributed by atoms with Crippen molar-refractivity contribution in [2.45, 2.75) is 39.0 Å². The normalized spacial score (nSPS) is 34.8. The summed E-state index contributed by atoms with van der Waals surface area (Å²) < 4.78 is 0. The van der Waals surface area contributed by atoms with Crippen LogP contribution in [-0.4, -0.2) is 13.1 Å². The molecule has 0 radical (unpaired) electrons. The van der Waals surface area contributed by atoms with Crippen LogP contribution in [0.1, 0.15) is 39.0 Å². The highest BCUT2D eigenvalue weighted by Crippen LogP contribution is 2.49. The van der Waals surface area contributed by atoms with Crippen molar-refractivity contribution in [2.75, 3.05) is 13.1 Å². The molecule has 0 aromatic heterocycles. The summed E-state index contributed by atoms with van der Waals surface area (Å²) in [4.78, 5) is 0. The third-order valence-corrected chi connectivity index (χ3v) is 3.54. The zero-order valence-corrected chi connectivity index (χ0v) is 8.18. The van der Waals surface area contributed by atoms with E-state index in [2.05, 4.69) is 12.2 Å². The van der Waals surface area contributed by atoms with Gasteiger partial charge in [-0.1, -0.05) is 6.92 Å². The molecule has 70 valence electrons. The summed E-state index contributed by atoms with van der Waals surface area (Å²) in [6, 6.07) is 0. The smallest absolute Gasteiger partial charge is 0.00178 e. The molecule has 0 bridgehead atoms. The van der Waals surface area contributed by atoms with Gasteiger partial charge in [0.1, 0.15) is 0 Å². The Balaban J connectivity index is 1.60. The first-order valence-corrected chi connectivity index (χ1v) is 5.62. The zero-order valence-electron chi connectivity index (χ0n) is 8.18. The SMILES string of the molecule is CCCNCC1CCC1C1CC1. The summed E-state index contributed by atoms with van der Waals surface area (Å²) in [6.45, 7) is 4.76. The number of nitrogens with one attached hydrogen (secondary N) is 1. The molecule has 2 saturated carbocycles. The minimum Gasteiger partial charge on any atom is -0.316 e. The van der Waals surface area contributed by atoms with E-state index in [0.717, 1.165) is 17.8 Å². The predicted molar refractivity (Wildman–Crippen MR) is 52.1 cm³/mol. The van der Waals surface area contributed by atoms with Crippen LogP contribution in [0.2, 0.25) is 0 Å². The molecule has 2 unspecified atom stereocenters. The van der Waals surface area contributed by atoms with E-state index in [-0.39, 0.29) is 0 Å². The molecular weight excluding hydrogens is 146 g/mol. The lowest BCUT2D eigenvalue weighted by Gasteiger charge is -2.37. The van der Waals surface area contributed by atoms with Crippen molar-refractivity contribution in [3.05, 3.63) is 0 Å². The molecule has 0 aliphatic heterocycles. The molecule has 0 spiro atoms. The van der Waals surface area contributed by atoms with Crippen LogP contribution in [0.15, 0.2) is 0 Å². The molecule has 0 aromatic rings. The third kappa shape index (κ3) is 1.82. The summed E-state index contributed by atoms with van der Waals surface area (Å²) in [5, 5.41) is 3.55. The number of hydrogen-bond acceptors (Lipinski definition) is 1. The van der Waals surface area contributed by atoms with Crippen LogP contribution in [0.5, 0.6) is 0 Å². The molecule has 1 heteroatoms. The molecule has 0 amide bonds. The van der Waals surface area contributed by atoms with Crippen LogP contribution in [0, 0.1) is 17.8 Å². The van der Waals surface area contributed by atoms with Crippen molar-refractivity contribution < 1.29 is 0 Å². The van der Waals surface area contributed by atoms with E-state index >= 15 is 0 Å². The first kappa shape index (κ1) is 8.55. The fraction of sp³-hybridized carbons (Fsp3) is 1.00. The maximum atomic E-state index is 3.55. The maximum absolute atomic E-state index is 3.55. The van der Waals surface area contributed by atoms with E-state index in [1.807, 2.05) is 0 Å². The zero-order chi connectivity index (χ0) is 8.39. The molecule has 2 aliphatic rings. The molecule has 2 fully saturated rings. The second-order valence-corrected chi connectivity index (χ2v) is 4.54. The van der Waals surface area contributed by atoms with Gasteiger partial charge in [-0.15, -0.1) is 0 Å². The topological polar surface area (TPSA) is 12.0 Å². The second-order valence-electron chi connectivity index (χ2n) is 4.54. The molecule has 0 heterocycles. The minimum absolute atomic E-state index is 1.05. The quantitative estimate of drug-likeness (QED) is 0.620. The van der Waals surface area contributed by atoms with Gasteiger partial charge < -0.3 is 5.32 Å². The van der Waals surface area contributed by atoms with Crippen molar-refractivity contribution in [1.29, 1.82) is 0 Å². The lowest BCUT2D eigenvalue weighted by atomic mass is 9.71. The van der Waals surface area contributed by atoms with Gasteiger partial charge in [-0.2, -0.15) is 0 Å². The van der Waals surface area contributed by atoms with Crippen LogP contribution >= 0.6 is 0 Å². The second kappa shape index (κ2) is 3.78. The van der Waals surface area contributed by atoms with Gasteiger partial charge in [0, 0.05) is 0 Å². The largest absolute Gasteiger partial charge is 0.316 e. The fourth-order valence-corrected chi connectivity index (χ4v) is 2.46. The van der Waals surface area contributed by atoms with E-state index in [1.54, 1.807) is 0 Å². The van der Waals surface area contributed by atoms with Gasteiger partial charge in [0.2, 0.25) is 0 Å². The standard InChI is InChI=1S/C11H21N/c1-2-7-12-8-10-5-6-11(10)9-3-4-9/h9-12H,2-8H2,1H3. The monoisotopic (exact) mass is 167 g/mol. The lowest BCUT2D eigenvalue weighted by Crippen LogP contribution is -2.36. The van der Waals surface area contributed by atoms with Gasteiger partial charge in [-0.25, -0.2) is 0 Å². The molecular formula is C11H21N. The van der Waals surface area contributed by atoms with Gasteiger partial charge in [0.05, 0.1) is 0 Å². The van der Waals surface area contributed by atoms with Gasteiger partial charge in [-0.3, -0.25) is 0 Å². The Kier molecular flexibility index (Phi) is 2.69. The van der Waals surface area contributed by atoms with Crippen LogP contribution in [-0.2, 0) is 0 Å². The van der Waals surface area contributed by atoms with Gasteiger partial charge >= 0.3 is 0 Å². The molecule has 0 saturated heterocycles. The van der Waals surface area contributed by atoms with Crippen LogP contribution < -0.4 is 5.32 Å². The molecule has 1 N–H and O–H groups in total. The van der Waals surface area contributed by atoms with E-state index in [0.29, 0.717) is 0 Å². The number of hydrogen-bond donors (Lipinski definition) is 1. The molecule has 2 rings (SSSR count). The Bertz CT molecular complexity index is 140. The van der Waals surface area contributed by atoms with Gasteiger partial charge in [-0.05, 0) is 62.9 Å². The van der Waals surface area contributed by atoms with Crippen molar-refractivity contribution >= 4 is 0 Å². The summed E-state index contributed by atoms with van der Waals surface area (Å²) >= 11 is 0. The average molecular weight is 167 g/mol. The van der Waals surface area contributed by atoms with E-state index in [1.165, 1.54) is 45.2 Å². The highest BCUT2D eigenvalue weighted by atomic mass is 14.9. The van der Waals surface area contributed by atoms with Gasteiger partial charge in [0.15, 0.2) is 0 Å². The summed E-state index contributed by atoms with van der Waals surface area (Å²) in [5.41, 5.74) is 0. The van der Waals surface area contributed by atoms with E-state index in [9.17, 15) is 0 Å². The third-order valence-electron chi connectivity index (χ3n) is 3.54. The fourth-order valence-electron chi connectivity index (χ4n) is 2.46. The minimum atomic E-state index is 1.05. The molecule has 2 aliphatic carbocycles. The van der Waals surface area contributed by atoms with Crippen molar-refractivity contribution in [3.63, 3.8) is 0 Å². The summed E-state index contributed by atoms with van der Waals surface area (Å²) in [6.07, 6.45) is 7.38. The van der Waals surface area contributed by atoms with Crippen molar-refractivity contribution in [1.82, 2.24) is 5.32 Å². The van der Waals surface area contributed by atoms with Gasteiger partial charge in [0.25, 0.3) is 0 Å². The summed E-state index contributed by atoms with van der Waals surface area (Å²) in [5.74, 6) is 3.31. The van der Waals surface area contributed by atoms with E-state index < -0.39 is 0 Å².